The molecule has 0 saturated heterocycles. The van der Waals surface area contributed by atoms with Crippen molar-refractivity contribution in [2.24, 2.45) is 0 Å². The average Bonchev–Trinajstić information content (AvgIpc) is 3.48. The van der Waals surface area contributed by atoms with Crippen LogP contribution in [0.2, 0.25) is 0 Å². The lowest BCUT2D eigenvalue weighted by molar-refractivity contribution is 1.02. The van der Waals surface area contributed by atoms with E-state index in [1.165, 1.54) is 55.5 Å². The van der Waals surface area contributed by atoms with E-state index in [-0.39, 0.29) is 5.92 Å². The molecular formula is C33H23N. The summed E-state index contributed by atoms with van der Waals surface area (Å²) in [5.41, 5.74) is 11.8. The second-order valence-electron chi connectivity index (χ2n) is 9.03. The highest BCUT2D eigenvalue weighted by Crippen LogP contribution is 2.49. The molecular weight excluding hydrogens is 410 g/mol. The van der Waals surface area contributed by atoms with Gasteiger partial charge in [0.05, 0.1) is 5.52 Å². The summed E-state index contributed by atoms with van der Waals surface area (Å²) in [5, 5.41) is 1.25. The lowest BCUT2D eigenvalue weighted by Crippen LogP contribution is -1.99. The number of benzene rings is 5. The van der Waals surface area contributed by atoms with Crippen LogP contribution in [0.4, 0.5) is 0 Å². The van der Waals surface area contributed by atoms with Crippen molar-refractivity contribution >= 4 is 10.9 Å². The predicted octanol–water partition coefficient (Wildman–Crippen LogP) is 8.46. The SMILES string of the molecule is c1ccc(C2c3ccccc3-c3ccc(-c4ccc5ccn(-c6ccccc6)c5c4)cc32)cc1. The van der Waals surface area contributed by atoms with Crippen molar-refractivity contribution in [3.63, 3.8) is 0 Å². The highest BCUT2D eigenvalue weighted by molar-refractivity contribution is 5.89. The molecule has 0 saturated carbocycles. The second-order valence-corrected chi connectivity index (χ2v) is 9.03. The molecule has 0 spiro atoms. The maximum absolute atomic E-state index is 2.41. The Morgan fingerprint density at radius 3 is 2.03 bits per heavy atom. The Morgan fingerprint density at radius 2 is 1.18 bits per heavy atom. The van der Waals surface area contributed by atoms with Crippen LogP contribution >= 0.6 is 0 Å². The molecule has 34 heavy (non-hydrogen) atoms. The maximum atomic E-state index is 2.41. The molecule has 1 heteroatoms. The molecule has 1 heterocycles. The molecule has 0 aliphatic heterocycles. The summed E-state index contributed by atoms with van der Waals surface area (Å²) in [5.74, 6) is 0.268. The molecule has 160 valence electrons. The van der Waals surface area contributed by atoms with E-state index in [1.807, 2.05) is 0 Å². The van der Waals surface area contributed by atoms with E-state index in [0.29, 0.717) is 0 Å². The summed E-state index contributed by atoms with van der Waals surface area (Å²) in [7, 11) is 0. The van der Waals surface area contributed by atoms with E-state index in [1.54, 1.807) is 0 Å². The van der Waals surface area contributed by atoms with Gasteiger partial charge < -0.3 is 4.57 Å². The third kappa shape index (κ3) is 2.94. The van der Waals surface area contributed by atoms with Gasteiger partial charge in [0.15, 0.2) is 0 Å². The zero-order chi connectivity index (χ0) is 22.5. The van der Waals surface area contributed by atoms with E-state index < -0.39 is 0 Å². The third-order valence-corrected chi connectivity index (χ3v) is 7.12. The molecule has 1 aromatic heterocycles. The minimum atomic E-state index is 0.268. The van der Waals surface area contributed by atoms with Gasteiger partial charge in [-0.2, -0.15) is 0 Å². The van der Waals surface area contributed by atoms with Gasteiger partial charge in [-0.05, 0) is 74.7 Å². The Kier molecular flexibility index (Phi) is 4.28. The third-order valence-electron chi connectivity index (χ3n) is 7.12. The Morgan fingerprint density at radius 1 is 0.500 bits per heavy atom. The minimum absolute atomic E-state index is 0.268. The number of hydrogen-bond donors (Lipinski definition) is 0. The normalized spacial score (nSPS) is 14.2. The van der Waals surface area contributed by atoms with Gasteiger partial charge in [-0.1, -0.05) is 97.1 Å². The van der Waals surface area contributed by atoms with Crippen molar-refractivity contribution in [3.8, 4) is 27.9 Å². The van der Waals surface area contributed by atoms with Crippen LogP contribution in [0.3, 0.4) is 0 Å². The molecule has 1 nitrogen and oxygen atoms in total. The summed E-state index contributed by atoms with van der Waals surface area (Å²) in [4.78, 5) is 0. The second kappa shape index (κ2) is 7.60. The molecule has 6 aromatic rings. The fraction of sp³-hybridized carbons (Fsp3) is 0.0303. The van der Waals surface area contributed by atoms with Crippen molar-refractivity contribution in [2.45, 2.75) is 5.92 Å². The standard InChI is InChI=1S/C33H23N/c1-3-9-24(10-4-1)33-30-14-8-7-13-28(30)29-18-17-25(21-31(29)33)26-16-15-23-19-20-34(32(23)22-26)27-11-5-2-6-12-27/h1-22,33H. The molecule has 5 aromatic carbocycles. The Bertz CT molecular complexity index is 1640. The summed E-state index contributed by atoms with van der Waals surface area (Å²) < 4.78 is 2.27. The number of nitrogens with zero attached hydrogens (tertiary/aromatic N) is 1. The van der Waals surface area contributed by atoms with Crippen molar-refractivity contribution < 1.29 is 0 Å². The Labute approximate surface area is 199 Å². The molecule has 0 fully saturated rings. The van der Waals surface area contributed by atoms with Crippen LogP contribution < -0.4 is 0 Å². The molecule has 0 amide bonds. The van der Waals surface area contributed by atoms with Crippen LogP contribution in [0.15, 0.2) is 134 Å². The average molecular weight is 434 g/mol. The summed E-state index contributed by atoms with van der Waals surface area (Å²) in [6.45, 7) is 0. The summed E-state index contributed by atoms with van der Waals surface area (Å²) >= 11 is 0. The van der Waals surface area contributed by atoms with E-state index in [2.05, 4.69) is 138 Å². The molecule has 1 aliphatic carbocycles. The predicted molar refractivity (Wildman–Crippen MR) is 142 cm³/mol. The van der Waals surface area contributed by atoms with Gasteiger partial charge >= 0.3 is 0 Å². The summed E-state index contributed by atoms with van der Waals surface area (Å²) in [6, 6.07) is 46.3. The van der Waals surface area contributed by atoms with E-state index in [9.17, 15) is 0 Å². The van der Waals surface area contributed by atoms with Gasteiger partial charge in [0.1, 0.15) is 0 Å². The first-order valence-corrected chi connectivity index (χ1v) is 11.8. The molecule has 0 radical (unpaired) electrons. The maximum Gasteiger partial charge on any atom is 0.0534 e. The van der Waals surface area contributed by atoms with E-state index in [0.717, 1.165) is 0 Å². The highest BCUT2D eigenvalue weighted by Gasteiger charge is 2.29. The number of para-hydroxylation sites is 1. The van der Waals surface area contributed by atoms with Crippen LogP contribution in [-0.2, 0) is 0 Å². The first-order chi connectivity index (χ1) is 16.9. The Balaban J connectivity index is 1.39. The van der Waals surface area contributed by atoms with Crippen LogP contribution in [-0.4, -0.2) is 4.57 Å². The highest BCUT2D eigenvalue weighted by atomic mass is 15.0. The van der Waals surface area contributed by atoms with Crippen LogP contribution in [0.5, 0.6) is 0 Å². The Hall–Kier alpha value is -4.36. The van der Waals surface area contributed by atoms with E-state index >= 15 is 0 Å². The number of aromatic nitrogens is 1. The van der Waals surface area contributed by atoms with Crippen molar-refractivity contribution in [1.29, 1.82) is 0 Å². The lowest BCUT2D eigenvalue weighted by atomic mass is 9.88. The molecule has 1 atom stereocenters. The zero-order valence-electron chi connectivity index (χ0n) is 18.7. The van der Waals surface area contributed by atoms with Gasteiger partial charge in [-0.15, -0.1) is 0 Å². The van der Waals surface area contributed by atoms with Crippen molar-refractivity contribution in [2.75, 3.05) is 0 Å². The first kappa shape index (κ1) is 19.1. The van der Waals surface area contributed by atoms with Crippen molar-refractivity contribution in [1.82, 2.24) is 4.57 Å². The molecule has 0 N–H and O–H groups in total. The summed E-state index contributed by atoms with van der Waals surface area (Å²) in [6.07, 6.45) is 2.16. The van der Waals surface area contributed by atoms with Crippen LogP contribution in [0.25, 0.3) is 38.8 Å². The van der Waals surface area contributed by atoms with Gasteiger partial charge in [0.25, 0.3) is 0 Å². The van der Waals surface area contributed by atoms with Crippen LogP contribution in [0, 0.1) is 0 Å². The molecule has 0 bridgehead atoms. The monoisotopic (exact) mass is 433 g/mol. The van der Waals surface area contributed by atoms with Gasteiger partial charge in [-0.25, -0.2) is 0 Å². The quantitative estimate of drug-likeness (QED) is 0.263. The zero-order valence-corrected chi connectivity index (χ0v) is 18.7. The number of hydrogen-bond acceptors (Lipinski definition) is 0. The first-order valence-electron chi connectivity index (χ1n) is 11.8. The smallest absolute Gasteiger partial charge is 0.0534 e. The number of rotatable bonds is 3. The fourth-order valence-corrected chi connectivity index (χ4v) is 5.51. The van der Waals surface area contributed by atoms with Crippen LogP contribution in [0.1, 0.15) is 22.6 Å². The van der Waals surface area contributed by atoms with Crippen molar-refractivity contribution in [3.05, 3.63) is 150 Å². The molecule has 1 unspecified atom stereocenters. The van der Waals surface area contributed by atoms with Gasteiger partial charge in [-0.3, -0.25) is 0 Å². The minimum Gasteiger partial charge on any atom is -0.317 e. The molecule has 1 aliphatic rings. The van der Waals surface area contributed by atoms with E-state index in [4.69, 9.17) is 0 Å². The van der Waals surface area contributed by atoms with Gasteiger partial charge in [0.2, 0.25) is 0 Å². The fourth-order valence-electron chi connectivity index (χ4n) is 5.51. The topological polar surface area (TPSA) is 4.93 Å². The largest absolute Gasteiger partial charge is 0.317 e. The molecule has 7 rings (SSSR count). The lowest BCUT2D eigenvalue weighted by Gasteiger charge is -2.15. The van der Waals surface area contributed by atoms with Gasteiger partial charge in [0, 0.05) is 17.8 Å². The number of fused-ring (bicyclic) bond motifs is 4.